The van der Waals surface area contributed by atoms with E-state index < -0.39 is 41.7 Å². The Labute approximate surface area is 151 Å². The third-order valence-electron chi connectivity index (χ3n) is 3.19. The fraction of sp³-hybridized carbons (Fsp3) is 0.125. The molecule has 10 heteroatoms. The number of hydrogen-bond donors (Lipinski definition) is 2. The summed E-state index contributed by atoms with van der Waals surface area (Å²) in [7, 11) is -8.54. The standard InChI is InChI=1S/C16H16N2O6S2/c1-11-8-14(25(21,22)17-12(2)19)10-15(9-11)26(23,24)18-16(20)13-6-4-3-5-7-13/h3-10H,1-2H3,(H,17,19)(H,18,20). The van der Waals surface area contributed by atoms with Gasteiger partial charge in [-0.1, -0.05) is 18.2 Å². The summed E-state index contributed by atoms with van der Waals surface area (Å²) in [5.41, 5.74) is 0.457. The topological polar surface area (TPSA) is 126 Å². The second-order valence-corrected chi connectivity index (χ2v) is 8.81. The molecule has 0 atom stereocenters. The number of amides is 2. The van der Waals surface area contributed by atoms with Crippen molar-refractivity contribution in [3.8, 4) is 0 Å². The van der Waals surface area contributed by atoms with Gasteiger partial charge in [-0.25, -0.2) is 26.3 Å². The normalized spacial score (nSPS) is 11.6. The summed E-state index contributed by atoms with van der Waals surface area (Å²) in [4.78, 5) is 22.3. The molecule has 138 valence electrons. The first-order valence-corrected chi connectivity index (χ1v) is 10.3. The van der Waals surface area contributed by atoms with Crippen LogP contribution in [-0.4, -0.2) is 28.6 Å². The molecule has 0 saturated carbocycles. The smallest absolute Gasteiger partial charge is 0.264 e. The highest BCUT2D eigenvalue weighted by molar-refractivity contribution is 7.91. The Bertz CT molecular complexity index is 1060. The van der Waals surface area contributed by atoms with Gasteiger partial charge in [-0.15, -0.1) is 0 Å². The number of benzene rings is 2. The molecule has 0 heterocycles. The van der Waals surface area contributed by atoms with E-state index in [2.05, 4.69) is 0 Å². The first-order chi connectivity index (χ1) is 12.0. The van der Waals surface area contributed by atoms with Crippen molar-refractivity contribution in [2.75, 3.05) is 0 Å². The molecule has 2 aromatic carbocycles. The Kier molecular flexibility index (Phi) is 5.47. The fourth-order valence-electron chi connectivity index (χ4n) is 2.10. The lowest BCUT2D eigenvalue weighted by Gasteiger charge is -2.11. The number of carbonyl (C=O) groups is 2. The number of carbonyl (C=O) groups excluding carboxylic acids is 2. The van der Waals surface area contributed by atoms with Crippen molar-refractivity contribution in [3.63, 3.8) is 0 Å². The number of aryl methyl sites for hydroxylation is 1. The van der Waals surface area contributed by atoms with Crippen LogP contribution in [0.5, 0.6) is 0 Å². The highest BCUT2D eigenvalue weighted by Crippen LogP contribution is 2.19. The molecule has 0 unspecified atom stereocenters. The minimum absolute atomic E-state index is 0.134. The number of nitrogens with one attached hydrogen (secondary N) is 2. The largest absolute Gasteiger partial charge is 0.274 e. The number of rotatable bonds is 5. The summed E-state index contributed by atoms with van der Waals surface area (Å²) < 4.78 is 52.8. The molecule has 0 bridgehead atoms. The van der Waals surface area contributed by atoms with Crippen molar-refractivity contribution in [3.05, 3.63) is 59.7 Å². The third kappa shape index (κ3) is 4.67. The molecule has 2 rings (SSSR count). The SMILES string of the molecule is CC(=O)NS(=O)(=O)c1cc(C)cc(S(=O)(=O)NC(=O)c2ccccc2)c1. The second kappa shape index (κ2) is 7.26. The molecule has 2 aromatic rings. The second-order valence-electron chi connectivity index (χ2n) is 5.44. The van der Waals surface area contributed by atoms with Gasteiger partial charge < -0.3 is 0 Å². The van der Waals surface area contributed by atoms with Crippen LogP contribution in [0.2, 0.25) is 0 Å². The molecule has 0 aliphatic carbocycles. The van der Waals surface area contributed by atoms with E-state index in [1.807, 2.05) is 4.72 Å². The van der Waals surface area contributed by atoms with Gasteiger partial charge in [0, 0.05) is 12.5 Å². The highest BCUT2D eigenvalue weighted by Gasteiger charge is 2.23. The van der Waals surface area contributed by atoms with Crippen LogP contribution >= 0.6 is 0 Å². The van der Waals surface area contributed by atoms with Crippen LogP contribution in [0.25, 0.3) is 0 Å². The quantitative estimate of drug-likeness (QED) is 0.774. The van der Waals surface area contributed by atoms with E-state index in [0.717, 1.165) is 13.0 Å². The number of hydrogen-bond acceptors (Lipinski definition) is 6. The molecule has 0 radical (unpaired) electrons. The van der Waals surface area contributed by atoms with Crippen LogP contribution in [0.4, 0.5) is 0 Å². The van der Waals surface area contributed by atoms with Gasteiger partial charge in [0.1, 0.15) is 0 Å². The van der Waals surface area contributed by atoms with Gasteiger partial charge in [0.25, 0.3) is 26.0 Å². The summed E-state index contributed by atoms with van der Waals surface area (Å²) in [5, 5.41) is 0. The summed E-state index contributed by atoms with van der Waals surface area (Å²) in [6.45, 7) is 2.51. The third-order valence-corrected chi connectivity index (χ3v) is 5.91. The van der Waals surface area contributed by atoms with Crippen molar-refractivity contribution >= 4 is 31.9 Å². The first kappa shape index (κ1) is 19.6. The Morgan fingerprint density at radius 2 is 1.31 bits per heavy atom. The van der Waals surface area contributed by atoms with Gasteiger partial charge in [-0.3, -0.25) is 9.59 Å². The maximum absolute atomic E-state index is 12.5. The number of sulfonamides is 2. The molecular weight excluding hydrogens is 380 g/mol. The Balaban J connectivity index is 2.41. The van der Waals surface area contributed by atoms with E-state index in [1.54, 1.807) is 22.9 Å². The highest BCUT2D eigenvalue weighted by atomic mass is 32.2. The molecule has 2 N–H and O–H groups in total. The molecule has 0 saturated heterocycles. The van der Waals surface area contributed by atoms with Crippen molar-refractivity contribution in [1.29, 1.82) is 0 Å². The average Bonchev–Trinajstić information content (AvgIpc) is 2.53. The van der Waals surface area contributed by atoms with Crippen LogP contribution in [0.15, 0.2) is 58.3 Å². The zero-order chi connectivity index (χ0) is 19.5. The maximum Gasteiger partial charge on any atom is 0.264 e. The monoisotopic (exact) mass is 396 g/mol. The van der Waals surface area contributed by atoms with Crippen LogP contribution in [0.1, 0.15) is 22.8 Å². The van der Waals surface area contributed by atoms with Gasteiger partial charge in [0.2, 0.25) is 5.91 Å². The predicted octanol–water partition coefficient (Wildman–Crippen LogP) is 0.939. The van der Waals surface area contributed by atoms with Crippen molar-refractivity contribution in [2.45, 2.75) is 23.6 Å². The zero-order valence-electron chi connectivity index (χ0n) is 13.9. The minimum Gasteiger partial charge on any atom is -0.274 e. The Morgan fingerprint density at radius 1 is 0.808 bits per heavy atom. The molecule has 0 spiro atoms. The van der Waals surface area contributed by atoms with Gasteiger partial charge >= 0.3 is 0 Å². The zero-order valence-corrected chi connectivity index (χ0v) is 15.5. The molecule has 0 fully saturated rings. The van der Waals surface area contributed by atoms with Gasteiger partial charge in [-0.2, -0.15) is 0 Å². The van der Waals surface area contributed by atoms with Gasteiger partial charge in [-0.05, 0) is 42.8 Å². The van der Waals surface area contributed by atoms with Crippen LogP contribution < -0.4 is 9.44 Å². The maximum atomic E-state index is 12.5. The lowest BCUT2D eigenvalue weighted by atomic mass is 10.2. The Morgan fingerprint density at radius 3 is 1.81 bits per heavy atom. The van der Waals surface area contributed by atoms with E-state index in [9.17, 15) is 26.4 Å². The molecular formula is C16H16N2O6S2. The van der Waals surface area contributed by atoms with Gasteiger partial charge in [0.15, 0.2) is 0 Å². The van der Waals surface area contributed by atoms with Gasteiger partial charge in [0.05, 0.1) is 9.79 Å². The van der Waals surface area contributed by atoms with E-state index in [0.29, 0.717) is 5.56 Å². The van der Waals surface area contributed by atoms with E-state index in [1.165, 1.54) is 31.2 Å². The fourth-order valence-corrected chi connectivity index (χ4v) is 4.40. The van der Waals surface area contributed by atoms with E-state index >= 15 is 0 Å². The summed E-state index contributed by atoms with van der Waals surface area (Å²) in [5.74, 6) is -1.66. The van der Waals surface area contributed by atoms with Crippen LogP contribution in [-0.2, 0) is 24.8 Å². The molecule has 2 amide bonds. The molecule has 26 heavy (non-hydrogen) atoms. The summed E-state index contributed by atoms with van der Waals surface area (Å²) in [6.07, 6.45) is 0. The molecule has 0 aliphatic rings. The molecule has 0 aromatic heterocycles. The van der Waals surface area contributed by atoms with Crippen LogP contribution in [0.3, 0.4) is 0 Å². The van der Waals surface area contributed by atoms with Crippen LogP contribution in [0, 0.1) is 6.92 Å². The minimum atomic E-state index is -4.32. The predicted molar refractivity (Wildman–Crippen MR) is 93.3 cm³/mol. The summed E-state index contributed by atoms with van der Waals surface area (Å²) >= 11 is 0. The van der Waals surface area contributed by atoms with Crippen molar-refractivity contribution in [1.82, 2.24) is 9.44 Å². The van der Waals surface area contributed by atoms with E-state index in [-0.39, 0.29) is 5.56 Å². The first-order valence-electron chi connectivity index (χ1n) is 7.28. The van der Waals surface area contributed by atoms with E-state index in [4.69, 9.17) is 0 Å². The van der Waals surface area contributed by atoms with Crippen molar-refractivity contribution < 1.29 is 26.4 Å². The summed E-state index contributed by atoms with van der Waals surface area (Å²) in [6, 6.07) is 11.0. The van der Waals surface area contributed by atoms with Crippen molar-refractivity contribution in [2.24, 2.45) is 0 Å². The lowest BCUT2D eigenvalue weighted by Crippen LogP contribution is -2.31. The molecule has 8 nitrogen and oxygen atoms in total. The Hall–Kier alpha value is -2.72. The lowest BCUT2D eigenvalue weighted by molar-refractivity contribution is -0.117. The molecule has 0 aliphatic heterocycles. The average molecular weight is 396 g/mol.